The second kappa shape index (κ2) is 7.77. The molecule has 3 rings (SSSR count). The summed E-state index contributed by atoms with van der Waals surface area (Å²) in [5.74, 6) is -0.138. The molecule has 0 fully saturated rings. The molecular weight excluding hydrogens is 339 g/mol. The van der Waals surface area contributed by atoms with E-state index < -0.39 is 0 Å². The number of carbonyl (C=O) groups excluding carboxylic acids is 1. The smallest absolute Gasteiger partial charge is 0.174 e. The molecule has 0 N–H and O–H groups in total. The second-order valence-electron chi connectivity index (χ2n) is 5.58. The first kappa shape index (κ1) is 16.9. The van der Waals surface area contributed by atoms with Crippen LogP contribution in [0, 0.1) is 12.7 Å². The minimum atomic E-state index is -0.262. The summed E-state index contributed by atoms with van der Waals surface area (Å²) in [6.45, 7) is 2.05. The quantitative estimate of drug-likeness (QED) is 0.381. The van der Waals surface area contributed by atoms with E-state index in [0.29, 0.717) is 6.42 Å². The summed E-state index contributed by atoms with van der Waals surface area (Å²) in [5.41, 5.74) is 2.17. The van der Waals surface area contributed by atoms with Crippen molar-refractivity contribution in [3.05, 3.63) is 87.9 Å². The van der Waals surface area contributed by atoms with Crippen molar-refractivity contribution in [2.75, 3.05) is 0 Å². The third kappa shape index (κ3) is 4.34. The first-order valence-corrected chi connectivity index (χ1v) is 9.43. The number of rotatable bonds is 6. The molecule has 0 aliphatic heterocycles. The van der Waals surface area contributed by atoms with E-state index in [4.69, 9.17) is 0 Å². The van der Waals surface area contributed by atoms with Crippen LogP contribution in [-0.2, 0) is 0 Å². The van der Waals surface area contributed by atoms with Gasteiger partial charge in [0.25, 0.3) is 0 Å². The average molecular weight is 356 g/mol. The highest BCUT2D eigenvalue weighted by Gasteiger charge is 2.19. The van der Waals surface area contributed by atoms with Crippen molar-refractivity contribution in [2.24, 2.45) is 0 Å². The standard InChI is InChI=1S/C20H17FOS2/c1-14-4-10-17(11-5-14)24-20(15-6-8-16(21)9-7-15)13-18(22)19-3-2-12-23-19/h2-12,20H,13H2,1H3. The molecule has 0 amide bonds. The summed E-state index contributed by atoms with van der Waals surface area (Å²) in [5, 5.41) is 1.87. The largest absolute Gasteiger partial charge is 0.293 e. The second-order valence-corrected chi connectivity index (χ2v) is 7.80. The number of thiophene rings is 1. The topological polar surface area (TPSA) is 17.1 Å². The van der Waals surface area contributed by atoms with Gasteiger partial charge in [0, 0.05) is 16.6 Å². The number of ketones is 1. The van der Waals surface area contributed by atoms with Crippen LogP contribution in [0.15, 0.2) is 70.9 Å². The van der Waals surface area contributed by atoms with Crippen molar-refractivity contribution in [1.29, 1.82) is 0 Å². The van der Waals surface area contributed by atoms with Crippen LogP contribution in [-0.4, -0.2) is 5.78 Å². The lowest BCUT2D eigenvalue weighted by molar-refractivity contribution is 0.0986. The first-order chi connectivity index (χ1) is 11.6. The van der Waals surface area contributed by atoms with Gasteiger partial charge in [-0.25, -0.2) is 4.39 Å². The van der Waals surface area contributed by atoms with Gasteiger partial charge in [-0.3, -0.25) is 4.79 Å². The minimum absolute atomic E-state index is 0.0390. The summed E-state index contributed by atoms with van der Waals surface area (Å²) >= 11 is 3.10. The molecule has 1 unspecified atom stereocenters. The van der Waals surface area contributed by atoms with Gasteiger partial charge in [-0.2, -0.15) is 0 Å². The molecule has 0 spiro atoms. The maximum atomic E-state index is 13.2. The van der Waals surface area contributed by atoms with Gasteiger partial charge in [0.15, 0.2) is 5.78 Å². The Labute approximate surface area is 149 Å². The highest BCUT2D eigenvalue weighted by atomic mass is 32.2. The van der Waals surface area contributed by atoms with E-state index in [0.717, 1.165) is 15.3 Å². The van der Waals surface area contributed by atoms with E-state index in [-0.39, 0.29) is 16.9 Å². The van der Waals surface area contributed by atoms with Gasteiger partial charge in [-0.05, 0) is 48.2 Å². The summed E-state index contributed by atoms with van der Waals surface area (Å²) in [4.78, 5) is 14.4. The van der Waals surface area contributed by atoms with E-state index >= 15 is 0 Å². The molecule has 1 atom stereocenters. The molecule has 2 aromatic carbocycles. The number of thioether (sulfide) groups is 1. The summed E-state index contributed by atoms with van der Waals surface area (Å²) in [6.07, 6.45) is 0.394. The average Bonchev–Trinajstić information content (AvgIpc) is 3.11. The Balaban J connectivity index is 1.83. The van der Waals surface area contributed by atoms with Crippen molar-refractivity contribution >= 4 is 28.9 Å². The maximum Gasteiger partial charge on any atom is 0.174 e. The fourth-order valence-electron chi connectivity index (χ4n) is 2.39. The lowest BCUT2D eigenvalue weighted by Gasteiger charge is -2.16. The SMILES string of the molecule is Cc1ccc(SC(CC(=O)c2cccs2)c2ccc(F)cc2)cc1. The first-order valence-electron chi connectivity index (χ1n) is 7.67. The van der Waals surface area contributed by atoms with Crippen LogP contribution in [0.2, 0.25) is 0 Å². The molecule has 0 bridgehead atoms. The minimum Gasteiger partial charge on any atom is -0.293 e. The van der Waals surface area contributed by atoms with E-state index in [1.807, 2.05) is 24.4 Å². The normalized spacial score (nSPS) is 12.1. The van der Waals surface area contributed by atoms with Crippen molar-refractivity contribution in [2.45, 2.75) is 23.5 Å². The van der Waals surface area contributed by atoms with Crippen LogP contribution < -0.4 is 0 Å². The molecule has 3 aromatic rings. The molecule has 1 aromatic heterocycles. The number of halogens is 1. The van der Waals surface area contributed by atoms with Crippen LogP contribution >= 0.6 is 23.1 Å². The van der Waals surface area contributed by atoms with Gasteiger partial charge >= 0.3 is 0 Å². The van der Waals surface area contributed by atoms with Gasteiger partial charge in [0.1, 0.15) is 5.82 Å². The number of carbonyl (C=O) groups is 1. The van der Waals surface area contributed by atoms with E-state index in [2.05, 4.69) is 24.3 Å². The predicted molar refractivity (Wildman–Crippen MR) is 99.4 cm³/mol. The summed E-state index contributed by atoms with van der Waals surface area (Å²) < 4.78 is 13.2. The molecule has 0 radical (unpaired) electrons. The Bertz CT molecular complexity index is 793. The van der Waals surface area contributed by atoms with Crippen molar-refractivity contribution in [3.63, 3.8) is 0 Å². The lowest BCUT2D eigenvalue weighted by atomic mass is 10.1. The van der Waals surface area contributed by atoms with Gasteiger partial charge in [-0.1, -0.05) is 35.9 Å². The fourth-order valence-corrected chi connectivity index (χ4v) is 4.22. The molecule has 0 aliphatic carbocycles. The van der Waals surface area contributed by atoms with Crippen molar-refractivity contribution < 1.29 is 9.18 Å². The van der Waals surface area contributed by atoms with Gasteiger partial charge in [-0.15, -0.1) is 23.1 Å². The highest BCUT2D eigenvalue weighted by molar-refractivity contribution is 7.99. The van der Waals surface area contributed by atoms with Crippen LogP contribution in [0.1, 0.15) is 32.5 Å². The molecule has 0 aliphatic rings. The number of Topliss-reactive ketones (excluding diaryl/α,β-unsaturated/α-hetero) is 1. The molecule has 0 saturated heterocycles. The lowest BCUT2D eigenvalue weighted by Crippen LogP contribution is -2.04. The van der Waals surface area contributed by atoms with Gasteiger partial charge in [0.2, 0.25) is 0 Å². The molecule has 0 saturated carbocycles. The third-order valence-corrected chi connectivity index (χ3v) is 5.89. The zero-order valence-corrected chi connectivity index (χ0v) is 14.9. The molecular formula is C20H17FOS2. The Hall–Kier alpha value is -1.91. The van der Waals surface area contributed by atoms with Crippen LogP contribution in [0.3, 0.4) is 0 Å². The molecule has 4 heteroatoms. The van der Waals surface area contributed by atoms with E-state index in [1.165, 1.54) is 29.0 Å². The molecule has 1 nitrogen and oxygen atoms in total. The molecule has 24 heavy (non-hydrogen) atoms. The van der Waals surface area contributed by atoms with Crippen molar-refractivity contribution in [1.82, 2.24) is 0 Å². The Kier molecular flexibility index (Phi) is 5.48. The number of benzene rings is 2. The molecule has 1 heterocycles. The summed E-state index contributed by atoms with van der Waals surface area (Å²) in [6, 6.07) is 18.4. The number of hydrogen-bond donors (Lipinski definition) is 0. The Morgan fingerprint density at radius 3 is 2.42 bits per heavy atom. The van der Waals surface area contributed by atoms with Crippen molar-refractivity contribution in [3.8, 4) is 0 Å². The number of hydrogen-bond acceptors (Lipinski definition) is 3. The Morgan fingerprint density at radius 1 is 1.08 bits per heavy atom. The van der Waals surface area contributed by atoms with Crippen LogP contribution in [0.5, 0.6) is 0 Å². The van der Waals surface area contributed by atoms with E-state index in [1.54, 1.807) is 23.9 Å². The van der Waals surface area contributed by atoms with Gasteiger partial charge < -0.3 is 0 Å². The van der Waals surface area contributed by atoms with E-state index in [9.17, 15) is 9.18 Å². The predicted octanol–water partition coefficient (Wildman–Crippen LogP) is 6.30. The fraction of sp³-hybridized carbons (Fsp3) is 0.150. The highest BCUT2D eigenvalue weighted by Crippen LogP contribution is 2.39. The van der Waals surface area contributed by atoms with Gasteiger partial charge in [0.05, 0.1) is 4.88 Å². The van der Waals surface area contributed by atoms with Crippen LogP contribution in [0.4, 0.5) is 4.39 Å². The molecule has 122 valence electrons. The zero-order valence-electron chi connectivity index (χ0n) is 13.2. The zero-order chi connectivity index (χ0) is 16.9. The van der Waals surface area contributed by atoms with Crippen LogP contribution in [0.25, 0.3) is 0 Å². The third-order valence-electron chi connectivity index (χ3n) is 3.71. The maximum absolute atomic E-state index is 13.2. The summed E-state index contributed by atoms with van der Waals surface area (Å²) in [7, 11) is 0. The monoisotopic (exact) mass is 356 g/mol. The Morgan fingerprint density at radius 2 is 1.79 bits per heavy atom. The number of aryl methyl sites for hydroxylation is 1.